The van der Waals surface area contributed by atoms with Crippen LogP contribution < -0.4 is 30.3 Å². The summed E-state index contributed by atoms with van der Waals surface area (Å²) in [6, 6.07) is 22.9. The number of hydrogen-bond donors (Lipinski definition) is 4. The molecule has 0 unspecified atom stereocenters. The second-order valence-electron chi connectivity index (χ2n) is 20.7. The zero-order chi connectivity index (χ0) is 62.8. The zero-order valence-electron chi connectivity index (χ0n) is 49.0. The highest BCUT2D eigenvalue weighted by molar-refractivity contribution is 7.92. The molecule has 0 radical (unpaired) electrons. The Kier molecular flexibility index (Phi) is 21.1. The Hall–Kier alpha value is -7.66. The van der Waals surface area contributed by atoms with Crippen molar-refractivity contribution in [2.45, 2.75) is 45.6 Å². The van der Waals surface area contributed by atoms with Gasteiger partial charge in [-0.25, -0.2) is 49.9 Å². The molecule has 4 N–H and O–H groups in total. The molecule has 1 aliphatic carbocycles. The number of rotatable bonds is 26. The van der Waals surface area contributed by atoms with Crippen molar-refractivity contribution in [2.75, 3.05) is 124 Å². The molecular weight excluding hydrogens is 1240 g/mol. The number of fused-ring (bicyclic) bond motifs is 3. The van der Waals surface area contributed by atoms with Gasteiger partial charge >= 0.3 is 0 Å². The number of carbonyl (C=O) groups excluding carboxylic acids is 3. The van der Waals surface area contributed by atoms with Crippen LogP contribution in [-0.2, 0) is 48.9 Å². The van der Waals surface area contributed by atoms with Crippen molar-refractivity contribution < 1.29 is 58.6 Å². The quantitative estimate of drug-likeness (QED) is 0.0321. The average molecular weight is 1300 g/mol. The number of methoxy groups -OCH3 is 1. The summed E-state index contributed by atoms with van der Waals surface area (Å²) in [6.07, 6.45) is 2.94. The number of benzene rings is 3. The minimum absolute atomic E-state index is 0.0659. The van der Waals surface area contributed by atoms with Crippen LogP contribution >= 0.6 is 22.7 Å². The van der Waals surface area contributed by atoms with E-state index in [2.05, 4.69) is 56.0 Å². The van der Waals surface area contributed by atoms with Crippen molar-refractivity contribution in [3.05, 3.63) is 108 Å². The van der Waals surface area contributed by atoms with Gasteiger partial charge in [0.15, 0.2) is 31.5 Å². The Labute approximate surface area is 517 Å². The fraction of sp³-hybridized carbons (Fsp3) is 0.375. The summed E-state index contributed by atoms with van der Waals surface area (Å²) in [5.41, 5.74) is 4.85. The largest absolute Gasteiger partial charge is 0.478 e. The summed E-state index contributed by atoms with van der Waals surface area (Å²) in [6.45, 7) is 5.36. The SMILES string of the molecule is CN(C)CCCOc1ccc2nc(NC(=O)/C(=N/Nc3ccc4c(c3)C(=O)NS4(=O)=O)c3ccc(S(=O)(=O)C4CC4)cc3)sc2n1.COCCN(C)S(=O)(=O)c1ccc(/C(=N\N2CCOCC2)C(=O)Nc2nc3ccc(OCCCN(C)C)nc3s2)cc1. The van der Waals surface area contributed by atoms with E-state index in [0.29, 0.717) is 101 Å². The Balaban J connectivity index is 0.000000210. The van der Waals surface area contributed by atoms with Crippen LogP contribution in [0, 0.1) is 0 Å². The average Bonchev–Trinajstić information content (AvgIpc) is 2.79. The van der Waals surface area contributed by atoms with E-state index in [9.17, 15) is 39.6 Å². The van der Waals surface area contributed by atoms with Crippen molar-refractivity contribution >= 4 is 118 Å². The number of likely N-dealkylation sites (N-methyl/N-ethyl adjacent to an activating group) is 1. The molecule has 0 spiro atoms. The van der Waals surface area contributed by atoms with Gasteiger partial charge in [0.05, 0.1) is 72.4 Å². The van der Waals surface area contributed by atoms with E-state index < -0.39 is 52.9 Å². The number of nitrogens with zero attached hydrogens (tertiary/aromatic N) is 10. The minimum atomic E-state index is -3.93. The first-order valence-electron chi connectivity index (χ1n) is 27.7. The smallest absolute Gasteiger partial charge is 0.278 e. The molecule has 3 amide bonds. The third kappa shape index (κ3) is 16.5. The van der Waals surface area contributed by atoms with Crippen LogP contribution in [0.5, 0.6) is 11.8 Å². The summed E-state index contributed by atoms with van der Waals surface area (Å²) < 4.78 is 101. The van der Waals surface area contributed by atoms with Crippen LogP contribution in [0.3, 0.4) is 0 Å². The van der Waals surface area contributed by atoms with Crippen molar-refractivity contribution in [2.24, 2.45) is 10.2 Å². The van der Waals surface area contributed by atoms with Crippen LogP contribution in [0.4, 0.5) is 16.0 Å². The van der Waals surface area contributed by atoms with E-state index >= 15 is 0 Å². The maximum absolute atomic E-state index is 13.6. The van der Waals surface area contributed by atoms with Crippen LogP contribution in [0.25, 0.3) is 20.7 Å². The minimum Gasteiger partial charge on any atom is -0.478 e. The van der Waals surface area contributed by atoms with Crippen molar-refractivity contribution in [1.82, 2.24) is 43.8 Å². The Morgan fingerprint density at radius 3 is 1.77 bits per heavy atom. The number of ether oxygens (including phenoxy) is 4. The van der Waals surface area contributed by atoms with Crippen molar-refractivity contribution in [1.29, 1.82) is 0 Å². The lowest BCUT2D eigenvalue weighted by Crippen LogP contribution is -2.35. The zero-order valence-corrected chi connectivity index (χ0v) is 53.0. The van der Waals surface area contributed by atoms with E-state index in [0.717, 1.165) is 37.3 Å². The summed E-state index contributed by atoms with van der Waals surface area (Å²) in [7, 11) is -0.102. The number of pyridine rings is 2. The molecule has 2 fully saturated rings. The maximum atomic E-state index is 13.6. The summed E-state index contributed by atoms with van der Waals surface area (Å²) in [5.74, 6) is -0.976. The normalized spacial score (nSPS) is 15.3. The molecule has 7 aromatic rings. The number of carbonyl (C=O) groups is 3. The fourth-order valence-electron chi connectivity index (χ4n) is 8.61. The molecule has 1 saturated heterocycles. The lowest BCUT2D eigenvalue weighted by Gasteiger charge is -2.25. The van der Waals surface area contributed by atoms with Crippen molar-refractivity contribution in [3.63, 3.8) is 0 Å². The van der Waals surface area contributed by atoms with Gasteiger partial charge in [0, 0.05) is 57.1 Å². The molecule has 32 heteroatoms. The molecule has 2 aliphatic heterocycles. The third-order valence-electron chi connectivity index (χ3n) is 13.5. The van der Waals surface area contributed by atoms with Crippen LogP contribution in [0.1, 0.15) is 47.2 Å². The maximum Gasteiger partial charge on any atom is 0.278 e. The number of nitrogens with one attached hydrogen (secondary N) is 4. The number of hydrazone groups is 2. The van der Waals surface area contributed by atoms with Gasteiger partial charge in [0.2, 0.25) is 21.8 Å². The standard InChI is InChI=1S/C29H29N7O7S3.C27H37N7O6S2/c1-36(2)14-3-15-43-24-13-11-22-28(31-24)44-29(30-22)32-27(38)25(17-4-7-19(8-5-17)45(39,40)20-9-10-20)34-33-18-6-12-23-21(16-18)26(37)35-46(23,41)42;1-32(2)12-5-16-40-23-11-10-22-26(29-23)41-27(28-22)30-25(35)24(31-34-14-18-39-19-15-34)20-6-8-21(9-7-20)42(36,37)33(3)13-17-38-4/h4-8,11-13,16,20,33H,3,9-10,14-15H2,1-2H3,(H,35,37)(H,30,32,38);6-11H,5,12-19H2,1-4H3,(H,28,30,35)/b34-25+;31-24+. The van der Waals surface area contributed by atoms with Crippen molar-refractivity contribution in [3.8, 4) is 11.8 Å². The highest BCUT2D eigenvalue weighted by atomic mass is 32.2. The first-order valence-corrected chi connectivity index (χ1v) is 33.8. The second kappa shape index (κ2) is 28.7. The summed E-state index contributed by atoms with van der Waals surface area (Å²) in [4.78, 5) is 62.7. The monoisotopic (exact) mass is 1300 g/mol. The number of amides is 3. The topological polar surface area (TPSA) is 328 Å². The number of anilines is 3. The van der Waals surface area contributed by atoms with Crippen LogP contribution in [0.2, 0.25) is 0 Å². The third-order valence-corrected chi connectivity index (χ3v) is 20.8. The Morgan fingerprint density at radius 2 is 1.24 bits per heavy atom. The van der Waals surface area contributed by atoms with E-state index in [1.807, 2.05) is 32.9 Å². The summed E-state index contributed by atoms with van der Waals surface area (Å²) in [5, 5.41) is 16.4. The van der Waals surface area contributed by atoms with E-state index in [4.69, 9.17) is 18.9 Å². The molecule has 468 valence electrons. The molecular formula is C56H66N14O13S5. The van der Waals surface area contributed by atoms with Gasteiger partial charge in [0.1, 0.15) is 25.6 Å². The number of morpholine rings is 1. The summed E-state index contributed by atoms with van der Waals surface area (Å²) >= 11 is 2.37. The molecule has 3 aliphatic rings. The molecule has 1 saturated carbocycles. The predicted molar refractivity (Wildman–Crippen MR) is 334 cm³/mol. The van der Waals surface area contributed by atoms with E-state index in [1.165, 1.54) is 84.4 Å². The number of aromatic nitrogens is 4. The second-order valence-corrected chi connectivity index (χ2v) is 28.6. The molecule has 3 aromatic carbocycles. The fourth-order valence-corrected chi connectivity index (χ4v) is 14.2. The van der Waals surface area contributed by atoms with Crippen LogP contribution in [-0.4, -0.2) is 207 Å². The van der Waals surface area contributed by atoms with Gasteiger partial charge in [-0.2, -0.15) is 14.5 Å². The Morgan fingerprint density at radius 1 is 0.705 bits per heavy atom. The molecule has 0 atom stereocenters. The van der Waals surface area contributed by atoms with Gasteiger partial charge in [-0.15, -0.1) is 0 Å². The first-order chi connectivity index (χ1) is 42.1. The number of hydrogen-bond acceptors (Lipinski definition) is 25. The highest BCUT2D eigenvalue weighted by Crippen LogP contribution is 2.34. The first kappa shape index (κ1) is 64.8. The highest BCUT2D eigenvalue weighted by Gasteiger charge is 2.37. The number of sulfone groups is 1. The Bertz CT molecular complexity index is 4080. The van der Waals surface area contributed by atoms with E-state index in [-0.39, 0.29) is 55.6 Å². The lowest BCUT2D eigenvalue weighted by molar-refractivity contribution is -0.111. The van der Waals surface area contributed by atoms with E-state index in [1.54, 1.807) is 41.4 Å². The molecule has 88 heavy (non-hydrogen) atoms. The number of sulfonamides is 2. The van der Waals surface area contributed by atoms with Gasteiger partial charge in [0.25, 0.3) is 27.7 Å². The molecule has 0 bridgehead atoms. The molecule has 4 aromatic heterocycles. The van der Waals surface area contributed by atoms with Gasteiger partial charge in [-0.05, 0) is 108 Å². The molecule has 6 heterocycles. The molecule has 27 nitrogen and oxygen atoms in total. The van der Waals surface area contributed by atoms with Gasteiger partial charge in [-0.3, -0.25) is 35.5 Å². The van der Waals surface area contributed by atoms with Gasteiger partial charge in [-0.1, -0.05) is 46.9 Å². The predicted octanol–water partition coefficient (Wildman–Crippen LogP) is 4.81. The molecule has 10 rings (SSSR count). The van der Waals surface area contributed by atoms with Gasteiger partial charge < -0.3 is 28.7 Å². The lowest BCUT2D eigenvalue weighted by atomic mass is 10.1. The van der Waals surface area contributed by atoms with Crippen LogP contribution in [0.15, 0.2) is 116 Å². The number of thiazole rings is 2.